The van der Waals surface area contributed by atoms with Gasteiger partial charge in [0.25, 0.3) is 5.91 Å². The van der Waals surface area contributed by atoms with Crippen LogP contribution in [0.5, 0.6) is 5.75 Å². The number of ether oxygens (including phenoxy) is 1. The molecule has 0 aliphatic carbocycles. The van der Waals surface area contributed by atoms with E-state index in [0.29, 0.717) is 22.3 Å². The third-order valence-electron chi connectivity index (χ3n) is 6.01. The predicted molar refractivity (Wildman–Crippen MR) is 149 cm³/mol. The summed E-state index contributed by atoms with van der Waals surface area (Å²) < 4.78 is 7.96. The summed E-state index contributed by atoms with van der Waals surface area (Å²) in [5, 5.41) is 13.6. The second-order valence-electron chi connectivity index (χ2n) is 8.62. The lowest BCUT2D eigenvalue weighted by Gasteiger charge is -2.12. The van der Waals surface area contributed by atoms with Crippen molar-refractivity contribution in [1.82, 2.24) is 4.57 Å². The van der Waals surface area contributed by atoms with Gasteiger partial charge in [0, 0.05) is 38.4 Å². The molecule has 1 aromatic heterocycles. The highest BCUT2D eigenvalue weighted by atomic mass is 35.5. The normalized spacial score (nSPS) is 11.2. The number of halogens is 2. The third kappa shape index (κ3) is 6.06. The number of nitrogens with one attached hydrogen (secondary N) is 1. The highest BCUT2D eigenvalue weighted by Gasteiger charge is 2.15. The van der Waals surface area contributed by atoms with Gasteiger partial charge in [0.15, 0.2) is 0 Å². The second-order valence-corrected chi connectivity index (χ2v) is 9.44. The fourth-order valence-electron chi connectivity index (χ4n) is 3.97. The van der Waals surface area contributed by atoms with Crippen LogP contribution in [0.2, 0.25) is 10.0 Å². The summed E-state index contributed by atoms with van der Waals surface area (Å²) in [5.74, 6) is 0.234. The van der Waals surface area contributed by atoms with Gasteiger partial charge in [0.2, 0.25) is 0 Å². The van der Waals surface area contributed by atoms with Crippen molar-refractivity contribution < 1.29 is 9.53 Å². The fraction of sp³-hybridized carbons (Fsp3) is 0.133. The van der Waals surface area contributed by atoms with Gasteiger partial charge in [-0.3, -0.25) is 4.79 Å². The number of aromatic nitrogens is 1. The number of amides is 1. The molecule has 0 saturated heterocycles. The first-order chi connectivity index (χ1) is 17.8. The zero-order valence-electron chi connectivity index (χ0n) is 20.7. The molecule has 1 N–H and O–H groups in total. The number of aryl methyl sites for hydroxylation is 2. The van der Waals surface area contributed by atoms with E-state index in [2.05, 4.69) is 9.88 Å². The van der Waals surface area contributed by atoms with Crippen LogP contribution in [0.3, 0.4) is 0 Å². The van der Waals surface area contributed by atoms with Crippen LogP contribution in [-0.2, 0) is 11.4 Å². The molecule has 0 aliphatic heterocycles. The summed E-state index contributed by atoms with van der Waals surface area (Å²) in [4.78, 5) is 12.8. The number of carbonyl (C=O) groups is 1. The zero-order valence-corrected chi connectivity index (χ0v) is 22.2. The Kier molecular flexibility index (Phi) is 8.03. The van der Waals surface area contributed by atoms with Gasteiger partial charge in [0.05, 0.1) is 0 Å². The first kappa shape index (κ1) is 26.1. The van der Waals surface area contributed by atoms with Crippen LogP contribution in [0, 0.1) is 32.1 Å². The highest BCUT2D eigenvalue weighted by molar-refractivity contribution is 6.32. The van der Waals surface area contributed by atoms with Gasteiger partial charge < -0.3 is 14.6 Å². The molecule has 0 saturated carbocycles. The van der Waals surface area contributed by atoms with E-state index in [9.17, 15) is 10.1 Å². The number of hydrogen-bond acceptors (Lipinski definition) is 3. The minimum atomic E-state index is -0.493. The zero-order chi connectivity index (χ0) is 26.5. The van der Waals surface area contributed by atoms with Crippen LogP contribution in [0.1, 0.15) is 28.1 Å². The molecule has 0 atom stereocenters. The number of rotatable bonds is 7. The van der Waals surface area contributed by atoms with Gasteiger partial charge in [-0.15, -0.1) is 0 Å². The van der Waals surface area contributed by atoms with Gasteiger partial charge in [-0.1, -0.05) is 47.5 Å². The van der Waals surface area contributed by atoms with Crippen molar-refractivity contribution in [2.45, 2.75) is 27.4 Å². The Hall–Kier alpha value is -3.98. The number of nitriles is 1. The van der Waals surface area contributed by atoms with Gasteiger partial charge in [-0.2, -0.15) is 5.26 Å². The number of benzene rings is 3. The van der Waals surface area contributed by atoms with Crippen LogP contribution in [0.15, 0.2) is 78.4 Å². The van der Waals surface area contributed by atoms with Crippen LogP contribution in [0.4, 0.5) is 5.69 Å². The number of anilines is 1. The third-order valence-corrected chi connectivity index (χ3v) is 6.79. The average Bonchev–Trinajstić information content (AvgIpc) is 3.17. The molecule has 0 spiro atoms. The van der Waals surface area contributed by atoms with E-state index < -0.39 is 5.91 Å². The minimum Gasteiger partial charge on any atom is -0.489 e. The molecule has 7 heteroatoms. The van der Waals surface area contributed by atoms with Gasteiger partial charge in [-0.25, -0.2) is 0 Å². The Labute approximate surface area is 226 Å². The van der Waals surface area contributed by atoms with Crippen molar-refractivity contribution in [2.75, 3.05) is 5.32 Å². The van der Waals surface area contributed by atoms with E-state index in [0.717, 1.165) is 39.5 Å². The first-order valence-electron chi connectivity index (χ1n) is 11.6. The molecule has 1 amide bonds. The van der Waals surface area contributed by atoms with Crippen molar-refractivity contribution in [3.05, 3.63) is 116 Å². The van der Waals surface area contributed by atoms with Crippen molar-refractivity contribution >= 4 is 40.9 Å². The van der Waals surface area contributed by atoms with E-state index in [1.807, 2.05) is 87.5 Å². The molecule has 1 heterocycles. The lowest BCUT2D eigenvalue weighted by atomic mass is 10.1. The van der Waals surface area contributed by atoms with Crippen molar-refractivity contribution in [3.63, 3.8) is 0 Å². The minimum absolute atomic E-state index is 0.000248. The van der Waals surface area contributed by atoms with E-state index >= 15 is 0 Å². The summed E-state index contributed by atoms with van der Waals surface area (Å²) in [6.45, 7) is 6.19. The summed E-state index contributed by atoms with van der Waals surface area (Å²) in [5.41, 5.74) is 5.96. The summed E-state index contributed by atoms with van der Waals surface area (Å²) in [6.07, 6.45) is 1.60. The van der Waals surface area contributed by atoms with Gasteiger partial charge in [-0.05, 0) is 86.5 Å². The van der Waals surface area contributed by atoms with Crippen LogP contribution in [0.25, 0.3) is 11.8 Å². The Balaban J connectivity index is 1.52. The quantitative estimate of drug-likeness (QED) is 0.196. The maximum Gasteiger partial charge on any atom is 0.266 e. The predicted octanol–water partition coefficient (Wildman–Crippen LogP) is 7.83. The molecule has 0 aliphatic rings. The molecule has 37 heavy (non-hydrogen) atoms. The topological polar surface area (TPSA) is 67.0 Å². The molecule has 0 radical (unpaired) electrons. The Morgan fingerprint density at radius 1 is 1.00 bits per heavy atom. The van der Waals surface area contributed by atoms with Crippen molar-refractivity contribution in [2.24, 2.45) is 0 Å². The molecule has 0 bridgehead atoms. The Bertz CT molecular complexity index is 1530. The maximum absolute atomic E-state index is 12.8. The van der Waals surface area contributed by atoms with Crippen LogP contribution < -0.4 is 10.1 Å². The molecular formula is C30H25Cl2N3O2. The average molecular weight is 530 g/mol. The van der Waals surface area contributed by atoms with Crippen LogP contribution in [-0.4, -0.2) is 10.5 Å². The number of carbonyl (C=O) groups excluding carboxylic acids is 1. The van der Waals surface area contributed by atoms with Crippen molar-refractivity contribution in [1.29, 1.82) is 5.26 Å². The number of nitrogens with zero attached hydrogens (tertiary/aromatic N) is 2. The first-order valence-corrected chi connectivity index (χ1v) is 12.4. The van der Waals surface area contributed by atoms with E-state index in [4.69, 9.17) is 27.9 Å². The number of hydrogen-bond donors (Lipinski definition) is 1. The molecule has 0 unspecified atom stereocenters. The largest absolute Gasteiger partial charge is 0.489 e. The summed E-state index contributed by atoms with van der Waals surface area (Å²) in [7, 11) is 0. The van der Waals surface area contributed by atoms with Gasteiger partial charge >= 0.3 is 0 Å². The summed E-state index contributed by atoms with van der Waals surface area (Å²) in [6, 6.07) is 24.5. The lowest BCUT2D eigenvalue weighted by molar-refractivity contribution is -0.112. The monoisotopic (exact) mass is 529 g/mol. The molecule has 4 aromatic rings. The Morgan fingerprint density at radius 3 is 2.41 bits per heavy atom. The maximum atomic E-state index is 12.8. The van der Waals surface area contributed by atoms with E-state index in [1.54, 1.807) is 18.2 Å². The summed E-state index contributed by atoms with van der Waals surface area (Å²) >= 11 is 12.4. The van der Waals surface area contributed by atoms with Crippen molar-refractivity contribution in [3.8, 4) is 17.5 Å². The molecular weight excluding hydrogens is 505 g/mol. The van der Waals surface area contributed by atoms with Gasteiger partial charge in [0.1, 0.15) is 24.0 Å². The van der Waals surface area contributed by atoms with Crippen LogP contribution >= 0.6 is 23.2 Å². The SMILES string of the molecule is Cc1ccc(NC(=O)/C(C#N)=C\c2cc(C)n(-c3ccc(OCc4ccccc4Cl)cc3)c2C)cc1Cl. The standard InChI is InChI=1S/C30H25Cl2N3O2/c1-19-8-9-25(16-29(19)32)34-30(36)24(17-33)15-23-14-20(2)35(21(23)3)26-10-12-27(13-11-26)37-18-22-6-4-5-7-28(22)31/h4-16H,18H2,1-3H3,(H,34,36)/b24-15-. The fourth-order valence-corrected chi connectivity index (χ4v) is 4.34. The Morgan fingerprint density at radius 2 is 1.73 bits per heavy atom. The lowest BCUT2D eigenvalue weighted by Crippen LogP contribution is -2.13. The van der Waals surface area contributed by atoms with E-state index in [1.165, 1.54) is 0 Å². The molecule has 4 rings (SSSR count). The molecule has 3 aromatic carbocycles. The highest BCUT2D eigenvalue weighted by Crippen LogP contribution is 2.26. The molecule has 186 valence electrons. The van der Waals surface area contributed by atoms with E-state index in [-0.39, 0.29) is 5.57 Å². The molecule has 5 nitrogen and oxygen atoms in total. The molecule has 0 fully saturated rings. The second kappa shape index (κ2) is 11.4. The smallest absolute Gasteiger partial charge is 0.266 e.